The lowest BCUT2D eigenvalue weighted by atomic mass is 9.87. The molecule has 0 radical (unpaired) electrons. The van der Waals surface area contributed by atoms with Crippen molar-refractivity contribution in [3.63, 3.8) is 0 Å². The molecule has 1 fully saturated rings. The molecule has 0 bridgehead atoms. The van der Waals surface area contributed by atoms with Gasteiger partial charge in [0.2, 0.25) is 5.56 Å². The second-order valence-corrected chi connectivity index (χ2v) is 6.83. The van der Waals surface area contributed by atoms with E-state index in [4.69, 9.17) is 0 Å². The van der Waals surface area contributed by atoms with Gasteiger partial charge in [-0.2, -0.15) is 5.10 Å². The van der Waals surface area contributed by atoms with Crippen molar-refractivity contribution >= 4 is 0 Å². The van der Waals surface area contributed by atoms with Crippen LogP contribution in [-0.2, 0) is 12.6 Å². The Kier molecular flexibility index (Phi) is 3.41. The van der Waals surface area contributed by atoms with E-state index in [1.165, 1.54) is 18.4 Å². The summed E-state index contributed by atoms with van der Waals surface area (Å²) >= 11 is 0. The first-order valence-corrected chi connectivity index (χ1v) is 8.37. The average molecular weight is 319 g/mol. The largest absolute Gasteiger partial charge is 0.318 e. The van der Waals surface area contributed by atoms with Gasteiger partial charge in [0.15, 0.2) is 0 Å². The molecule has 1 aromatic carbocycles. The Morgan fingerprint density at radius 3 is 2.46 bits per heavy atom. The lowest BCUT2D eigenvalue weighted by Crippen LogP contribution is -2.34. The normalized spacial score (nSPS) is 16.8. The molecule has 4 heteroatoms. The molecule has 0 spiro atoms. The van der Waals surface area contributed by atoms with Gasteiger partial charge in [-0.1, -0.05) is 30.3 Å². The number of hydrogen-bond donors (Lipinski definition) is 0. The van der Waals surface area contributed by atoms with Gasteiger partial charge in [-0.15, -0.1) is 0 Å². The molecular formula is C20H21N3O. The molecule has 3 aromatic rings. The highest BCUT2D eigenvalue weighted by Crippen LogP contribution is 2.48. The molecule has 1 atom stereocenters. The Morgan fingerprint density at radius 1 is 1.04 bits per heavy atom. The maximum atomic E-state index is 11.6. The zero-order valence-corrected chi connectivity index (χ0v) is 14.0. The molecule has 0 N–H and O–H groups in total. The lowest BCUT2D eigenvalue weighted by molar-refractivity contribution is 0.306. The van der Waals surface area contributed by atoms with Crippen LogP contribution in [0.3, 0.4) is 0 Å². The summed E-state index contributed by atoms with van der Waals surface area (Å²) in [7, 11) is 1.77. The number of benzene rings is 1. The molecule has 1 aliphatic rings. The Bertz CT molecular complexity index is 921. The van der Waals surface area contributed by atoms with Gasteiger partial charge in [0.1, 0.15) is 0 Å². The average Bonchev–Trinajstić information content (AvgIpc) is 3.35. The first-order valence-electron chi connectivity index (χ1n) is 8.37. The molecule has 1 aliphatic carbocycles. The number of pyridine rings is 1. The van der Waals surface area contributed by atoms with Gasteiger partial charge < -0.3 is 4.57 Å². The van der Waals surface area contributed by atoms with Crippen LogP contribution in [-0.4, -0.2) is 14.3 Å². The van der Waals surface area contributed by atoms with E-state index in [0.717, 1.165) is 11.1 Å². The van der Waals surface area contributed by atoms with Crippen molar-refractivity contribution in [2.45, 2.75) is 25.3 Å². The predicted molar refractivity (Wildman–Crippen MR) is 94.8 cm³/mol. The Morgan fingerprint density at radius 2 is 1.79 bits per heavy atom. The standard InChI is InChI=1S/C20H21N3O/c1-20(18-9-10-18,17-6-4-3-5-7-17)23-14-16(12-21-23)15-8-11-19(24)22(2)13-15/h3-8,11-14,18H,9-10H2,1-2H3. The summed E-state index contributed by atoms with van der Waals surface area (Å²) in [5, 5.41) is 4.68. The quantitative estimate of drug-likeness (QED) is 0.739. The molecule has 2 aromatic heterocycles. The van der Waals surface area contributed by atoms with Crippen LogP contribution in [0.1, 0.15) is 25.3 Å². The van der Waals surface area contributed by atoms with E-state index in [1.807, 2.05) is 18.5 Å². The highest BCUT2D eigenvalue weighted by molar-refractivity contribution is 5.60. The molecule has 24 heavy (non-hydrogen) atoms. The van der Waals surface area contributed by atoms with Crippen molar-refractivity contribution < 1.29 is 0 Å². The topological polar surface area (TPSA) is 39.8 Å². The molecule has 2 heterocycles. The molecule has 122 valence electrons. The van der Waals surface area contributed by atoms with Crippen LogP contribution in [0.2, 0.25) is 0 Å². The third kappa shape index (κ3) is 2.39. The van der Waals surface area contributed by atoms with Crippen LogP contribution in [0.25, 0.3) is 11.1 Å². The molecule has 0 saturated heterocycles. The highest BCUT2D eigenvalue weighted by Gasteiger charge is 2.44. The van der Waals surface area contributed by atoms with Crippen LogP contribution in [0.5, 0.6) is 0 Å². The van der Waals surface area contributed by atoms with Crippen molar-refractivity contribution in [1.29, 1.82) is 0 Å². The van der Waals surface area contributed by atoms with Gasteiger partial charge in [0.05, 0.1) is 11.7 Å². The zero-order chi connectivity index (χ0) is 16.7. The Balaban J connectivity index is 1.77. The van der Waals surface area contributed by atoms with Crippen LogP contribution in [0.15, 0.2) is 65.8 Å². The van der Waals surface area contributed by atoms with Crippen molar-refractivity contribution in [2.24, 2.45) is 13.0 Å². The molecule has 0 amide bonds. The second-order valence-electron chi connectivity index (χ2n) is 6.83. The zero-order valence-electron chi connectivity index (χ0n) is 14.0. The summed E-state index contributed by atoms with van der Waals surface area (Å²) in [5.41, 5.74) is 3.21. The van der Waals surface area contributed by atoms with Crippen LogP contribution >= 0.6 is 0 Å². The smallest absolute Gasteiger partial charge is 0.250 e. The summed E-state index contributed by atoms with van der Waals surface area (Å²) in [5.74, 6) is 0.618. The molecular weight excluding hydrogens is 298 g/mol. The van der Waals surface area contributed by atoms with Gasteiger partial charge in [0.25, 0.3) is 0 Å². The van der Waals surface area contributed by atoms with Gasteiger partial charge in [0, 0.05) is 36.6 Å². The van der Waals surface area contributed by atoms with Crippen molar-refractivity contribution in [2.75, 3.05) is 0 Å². The molecule has 1 unspecified atom stereocenters. The van der Waals surface area contributed by atoms with Gasteiger partial charge >= 0.3 is 0 Å². The van der Waals surface area contributed by atoms with Gasteiger partial charge in [-0.05, 0) is 37.3 Å². The molecule has 0 aliphatic heterocycles. The Hall–Kier alpha value is -2.62. The van der Waals surface area contributed by atoms with Crippen LogP contribution < -0.4 is 5.56 Å². The van der Waals surface area contributed by atoms with E-state index in [1.54, 1.807) is 17.7 Å². The van der Waals surface area contributed by atoms with Crippen LogP contribution in [0, 0.1) is 5.92 Å². The predicted octanol–water partition coefficient (Wildman–Crippen LogP) is 3.42. The number of aromatic nitrogens is 3. The van der Waals surface area contributed by atoms with Crippen molar-refractivity contribution in [3.8, 4) is 11.1 Å². The summed E-state index contributed by atoms with van der Waals surface area (Å²) in [4.78, 5) is 11.6. The van der Waals surface area contributed by atoms with E-state index in [-0.39, 0.29) is 11.1 Å². The monoisotopic (exact) mass is 319 g/mol. The van der Waals surface area contributed by atoms with Crippen molar-refractivity contribution in [1.82, 2.24) is 14.3 Å². The minimum absolute atomic E-state index is 0.00162. The molecule has 4 rings (SSSR count). The van der Waals surface area contributed by atoms with Crippen LogP contribution in [0.4, 0.5) is 0 Å². The second kappa shape index (κ2) is 5.48. The SMILES string of the molecule is Cn1cc(-c2cnn(C(C)(c3ccccc3)C3CC3)c2)ccc1=O. The number of nitrogens with zero attached hydrogens (tertiary/aromatic N) is 3. The van der Waals surface area contributed by atoms with Gasteiger partial charge in [-0.25, -0.2) is 0 Å². The summed E-state index contributed by atoms with van der Waals surface area (Å²) < 4.78 is 3.70. The fraction of sp³-hybridized carbons (Fsp3) is 0.300. The minimum atomic E-state index is -0.125. The Labute approximate surface area is 141 Å². The fourth-order valence-corrected chi connectivity index (χ4v) is 3.47. The third-order valence-electron chi connectivity index (χ3n) is 5.21. The van der Waals surface area contributed by atoms with E-state index in [9.17, 15) is 4.79 Å². The van der Waals surface area contributed by atoms with E-state index < -0.39 is 0 Å². The van der Waals surface area contributed by atoms with E-state index >= 15 is 0 Å². The van der Waals surface area contributed by atoms with Gasteiger partial charge in [-0.3, -0.25) is 9.48 Å². The van der Waals surface area contributed by atoms with Crippen molar-refractivity contribution in [3.05, 3.63) is 77.0 Å². The summed E-state index contributed by atoms with van der Waals surface area (Å²) in [6, 6.07) is 14.1. The van der Waals surface area contributed by atoms with E-state index in [0.29, 0.717) is 5.92 Å². The summed E-state index contributed by atoms with van der Waals surface area (Å²) in [6.07, 6.45) is 8.33. The fourth-order valence-electron chi connectivity index (χ4n) is 3.47. The molecule has 4 nitrogen and oxygen atoms in total. The first kappa shape index (κ1) is 14.9. The highest BCUT2D eigenvalue weighted by atomic mass is 16.1. The summed E-state index contributed by atoms with van der Waals surface area (Å²) in [6.45, 7) is 2.28. The molecule has 1 saturated carbocycles. The number of hydrogen-bond acceptors (Lipinski definition) is 2. The minimum Gasteiger partial charge on any atom is -0.318 e. The maximum absolute atomic E-state index is 11.6. The number of aryl methyl sites for hydroxylation is 1. The maximum Gasteiger partial charge on any atom is 0.250 e. The third-order valence-corrected chi connectivity index (χ3v) is 5.21. The van der Waals surface area contributed by atoms with E-state index in [2.05, 4.69) is 53.2 Å². The number of rotatable bonds is 4. The first-order chi connectivity index (χ1) is 11.6. The lowest BCUT2D eigenvalue weighted by Gasteiger charge is -2.31.